The van der Waals surface area contributed by atoms with Crippen LogP contribution in [0.15, 0.2) is 24.3 Å². The Morgan fingerprint density at radius 2 is 1.40 bits per heavy atom. The molecule has 5 heteroatoms. The van der Waals surface area contributed by atoms with Crippen molar-refractivity contribution in [2.75, 3.05) is 0 Å². The lowest BCUT2D eigenvalue weighted by Gasteiger charge is -2.32. The third-order valence-electron chi connectivity index (χ3n) is 7.21. The number of fused-ring (bicyclic) bond motifs is 1. The predicted octanol–water partition coefficient (Wildman–Crippen LogP) is 4.62. The second kappa shape index (κ2) is 8.16. The van der Waals surface area contributed by atoms with Gasteiger partial charge in [-0.15, -0.1) is 0 Å². The van der Waals surface area contributed by atoms with Gasteiger partial charge in [-0.3, -0.25) is 19.3 Å². The van der Waals surface area contributed by atoms with Gasteiger partial charge < -0.3 is 4.74 Å². The minimum Gasteiger partial charge on any atom is -0.426 e. The molecule has 1 aromatic carbocycles. The number of esters is 1. The van der Waals surface area contributed by atoms with Gasteiger partial charge in [-0.2, -0.15) is 0 Å². The highest BCUT2D eigenvalue weighted by molar-refractivity contribution is 6.05. The van der Waals surface area contributed by atoms with Gasteiger partial charge in [-0.25, -0.2) is 0 Å². The maximum Gasteiger partial charge on any atom is 0.314 e. The number of nitrogens with zero attached hydrogens (tertiary/aromatic N) is 1. The van der Waals surface area contributed by atoms with Gasteiger partial charge >= 0.3 is 5.97 Å². The van der Waals surface area contributed by atoms with Crippen molar-refractivity contribution in [2.45, 2.75) is 83.6 Å². The monoisotopic (exact) mass is 411 g/mol. The molecule has 0 radical (unpaired) electrons. The fraction of sp³-hybridized carbons (Fsp3) is 0.640. The molecule has 1 saturated heterocycles. The lowest BCUT2D eigenvalue weighted by Crippen LogP contribution is -2.43. The summed E-state index contributed by atoms with van der Waals surface area (Å²) in [6.45, 7) is 6.45. The highest BCUT2D eigenvalue weighted by Crippen LogP contribution is 2.41. The quantitative estimate of drug-likeness (QED) is 0.413. The highest BCUT2D eigenvalue weighted by Gasteiger charge is 2.50. The number of rotatable bonds is 3. The molecule has 5 nitrogen and oxygen atoms in total. The number of amides is 2. The normalized spacial score (nSPS) is 29.6. The summed E-state index contributed by atoms with van der Waals surface area (Å²) in [5, 5.41) is 0. The summed E-state index contributed by atoms with van der Waals surface area (Å²) in [5.41, 5.74) is 1.26. The average molecular weight is 412 g/mol. The molecule has 2 atom stereocenters. The number of carbonyl (C=O) groups excluding carboxylic acids is 3. The number of hydrogen-bond donors (Lipinski definition) is 0. The van der Waals surface area contributed by atoms with Crippen LogP contribution in [0, 0.1) is 17.8 Å². The summed E-state index contributed by atoms with van der Waals surface area (Å²) in [6, 6.07) is 7.67. The Kier molecular flexibility index (Phi) is 5.73. The lowest BCUT2D eigenvalue weighted by atomic mass is 9.81. The second-order valence-electron chi connectivity index (χ2n) is 10.2. The molecule has 30 heavy (non-hydrogen) atoms. The average Bonchev–Trinajstić information content (AvgIpc) is 2.98. The van der Waals surface area contributed by atoms with Gasteiger partial charge in [0.1, 0.15) is 5.75 Å². The van der Waals surface area contributed by atoms with Crippen LogP contribution < -0.4 is 4.74 Å². The first kappa shape index (κ1) is 21.1. The second-order valence-corrected chi connectivity index (χ2v) is 10.2. The van der Waals surface area contributed by atoms with E-state index in [4.69, 9.17) is 4.74 Å². The minimum absolute atomic E-state index is 0.0367. The minimum atomic E-state index is -0.204. The van der Waals surface area contributed by atoms with E-state index in [1.807, 2.05) is 24.3 Å². The zero-order chi connectivity index (χ0) is 21.5. The summed E-state index contributed by atoms with van der Waals surface area (Å²) in [6.07, 6.45) is 6.50. The molecule has 2 amide bonds. The van der Waals surface area contributed by atoms with E-state index in [9.17, 15) is 14.4 Å². The van der Waals surface area contributed by atoms with Crippen molar-refractivity contribution >= 4 is 17.8 Å². The lowest BCUT2D eigenvalue weighted by molar-refractivity contribution is -0.144. The molecule has 2 aliphatic carbocycles. The molecule has 3 aliphatic rings. The molecule has 1 aromatic rings. The van der Waals surface area contributed by atoms with Gasteiger partial charge in [0, 0.05) is 6.04 Å². The van der Waals surface area contributed by atoms with Crippen LogP contribution in [0.4, 0.5) is 0 Å². The molecule has 0 spiro atoms. The number of benzene rings is 1. The van der Waals surface area contributed by atoms with Crippen LogP contribution in [0.3, 0.4) is 0 Å². The SMILES string of the molecule is CC(C)(C)c1ccc(OC(=O)C2CCC(N3C(=O)[C@@H]4CCCC[C@H]4C3=O)CC2)cc1. The molecule has 0 unspecified atom stereocenters. The third-order valence-corrected chi connectivity index (χ3v) is 7.21. The molecule has 0 bridgehead atoms. The Hall–Kier alpha value is -2.17. The molecule has 0 aromatic heterocycles. The van der Waals surface area contributed by atoms with Crippen LogP contribution in [0.25, 0.3) is 0 Å². The maximum absolute atomic E-state index is 12.8. The molecule has 4 rings (SSSR count). The van der Waals surface area contributed by atoms with Crippen LogP contribution in [0.2, 0.25) is 0 Å². The standard InChI is InChI=1S/C25H33NO4/c1-25(2,3)17-10-14-19(15-11-17)30-24(29)16-8-12-18(13-9-16)26-22(27)20-6-4-5-7-21(20)23(26)28/h10-11,14-16,18,20-21H,4-9,12-13H2,1-3H3/t16?,18?,20-,21-/m1/s1. The Morgan fingerprint density at radius 3 is 1.90 bits per heavy atom. The van der Waals surface area contributed by atoms with E-state index in [-0.39, 0.29) is 47.0 Å². The maximum atomic E-state index is 12.8. The fourth-order valence-electron chi connectivity index (χ4n) is 5.34. The van der Waals surface area contributed by atoms with E-state index in [1.54, 1.807) is 4.90 Å². The van der Waals surface area contributed by atoms with E-state index in [2.05, 4.69) is 20.8 Å². The van der Waals surface area contributed by atoms with Crippen molar-refractivity contribution in [3.8, 4) is 5.75 Å². The Morgan fingerprint density at radius 1 is 0.867 bits per heavy atom. The molecule has 3 fully saturated rings. The zero-order valence-electron chi connectivity index (χ0n) is 18.4. The first-order valence-corrected chi connectivity index (χ1v) is 11.4. The summed E-state index contributed by atoms with van der Waals surface area (Å²) in [4.78, 5) is 39.8. The summed E-state index contributed by atoms with van der Waals surface area (Å²) < 4.78 is 5.62. The van der Waals surface area contributed by atoms with Crippen molar-refractivity contribution in [1.29, 1.82) is 0 Å². The van der Waals surface area contributed by atoms with Crippen LogP contribution >= 0.6 is 0 Å². The van der Waals surface area contributed by atoms with Gasteiger partial charge in [-0.1, -0.05) is 45.7 Å². The number of hydrogen-bond acceptors (Lipinski definition) is 4. The first-order valence-electron chi connectivity index (χ1n) is 11.4. The number of imide groups is 1. The van der Waals surface area contributed by atoms with Crippen molar-refractivity contribution < 1.29 is 19.1 Å². The largest absolute Gasteiger partial charge is 0.426 e. The van der Waals surface area contributed by atoms with E-state index < -0.39 is 0 Å². The predicted molar refractivity (Wildman–Crippen MR) is 114 cm³/mol. The van der Waals surface area contributed by atoms with Gasteiger partial charge in [-0.05, 0) is 61.6 Å². The van der Waals surface area contributed by atoms with Gasteiger partial charge in [0.25, 0.3) is 0 Å². The van der Waals surface area contributed by atoms with Crippen LogP contribution in [-0.2, 0) is 19.8 Å². The molecule has 162 valence electrons. The van der Waals surface area contributed by atoms with Gasteiger partial charge in [0.05, 0.1) is 17.8 Å². The number of carbonyl (C=O) groups is 3. The van der Waals surface area contributed by atoms with E-state index >= 15 is 0 Å². The fourth-order valence-corrected chi connectivity index (χ4v) is 5.34. The van der Waals surface area contributed by atoms with E-state index in [1.165, 1.54) is 5.56 Å². The molecule has 1 heterocycles. The van der Waals surface area contributed by atoms with Crippen molar-refractivity contribution in [1.82, 2.24) is 4.90 Å². The van der Waals surface area contributed by atoms with Crippen LogP contribution in [0.1, 0.15) is 77.7 Å². The topological polar surface area (TPSA) is 63.7 Å². The molecular formula is C25H33NO4. The Balaban J connectivity index is 1.32. The smallest absolute Gasteiger partial charge is 0.314 e. The molecular weight excluding hydrogens is 378 g/mol. The molecule has 2 saturated carbocycles. The van der Waals surface area contributed by atoms with Crippen LogP contribution in [0.5, 0.6) is 5.75 Å². The first-order chi connectivity index (χ1) is 14.3. The van der Waals surface area contributed by atoms with E-state index in [0.29, 0.717) is 31.4 Å². The van der Waals surface area contributed by atoms with Crippen LogP contribution in [-0.4, -0.2) is 28.7 Å². The molecule has 1 aliphatic heterocycles. The van der Waals surface area contributed by atoms with Crippen molar-refractivity contribution in [3.63, 3.8) is 0 Å². The third kappa shape index (κ3) is 4.03. The Labute approximate surface area is 179 Å². The summed E-state index contributed by atoms with van der Waals surface area (Å²) in [7, 11) is 0. The van der Waals surface area contributed by atoms with Crippen molar-refractivity contribution in [2.24, 2.45) is 17.8 Å². The van der Waals surface area contributed by atoms with Crippen molar-refractivity contribution in [3.05, 3.63) is 29.8 Å². The van der Waals surface area contributed by atoms with Gasteiger partial charge in [0.2, 0.25) is 11.8 Å². The zero-order valence-corrected chi connectivity index (χ0v) is 18.4. The molecule has 0 N–H and O–H groups in total. The summed E-state index contributed by atoms with van der Waals surface area (Å²) in [5.74, 6) is 0.0896. The summed E-state index contributed by atoms with van der Waals surface area (Å²) >= 11 is 0. The van der Waals surface area contributed by atoms with Gasteiger partial charge in [0.15, 0.2) is 0 Å². The number of likely N-dealkylation sites (tertiary alicyclic amines) is 1. The van der Waals surface area contributed by atoms with E-state index in [0.717, 1.165) is 25.7 Å². The Bertz CT molecular complexity index is 791. The highest BCUT2D eigenvalue weighted by atomic mass is 16.5. The number of ether oxygens (including phenoxy) is 1.